The molecule has 0 atom stereocenters. The highest BCUT2D eigenvalue weighted by molar-refractivity contribution is 5.31. The Balaban J connectivity index is 2.08. The zero-order valence-corrected chi connectivity index (χ0v) is 8.57. The number of oxazole rings is 1. The molecule has 0 aliphatic heterocycles. The van der Waals surface area contributed by atoms with E-state index in [1.54, 1.807) is 6.26 Å². The van der Waals surface area contributed by atoms with Gasteiger partial charge in [-0.2, -0.15) is 4.98 Å². The van der Waals surface area contributed by atoms with Crippen LogP contribution in [0.4, 0.5) is 6.01 Å². The van der Waals surface area contributed by atoms with Crippen LogP contribution in [0.1, 0.15) is 31.9 Å². The van der Waals surface area contributed by atoms with Crippen molar-refractivity contribution < 1.29 is 4.42 Å². The van der Waals surface area contributed by atoms with Crippen LogP contribution in [-0.2, 0) is 6.54 Å². The molecule has 14 heavy (non-hydrogen) atoms. The van der Waals surface area contributed by atoms with Gasteiger partial charge in [-0.3, -0.25) is 0 Å². The zero-order valence-electron chi connectivity index (χ0n) is 8.57. The van der Waals surface area contributed by atoms with Crippen molar-refractivity contribution in [2.75, 3.05) is 11.4 Å². The monoisotopic (exact) mass is 195 g/mol. The fourth-order valence-electron chi connectivity index (χ4n) is 1.58. The average Bonchev–Trinajstić information content (AvgIpc) is 2.92. The lowest BCUT2D eigenvalue weighted by molar-refractivity contribution is 0.528. The van der Waals surface area contributed by atoms with Crippen LogP contribution in [0.2, 0.25) is 0 Å². The summed E-state index contributed by atoms with van der Waals surface area (Å²) in [7, 11) is 0. The molecule has 2 rings (SSSR count). The quantitative estimate of drug-likeness (QED) is 0.773. The molecule has 0 bridgehead atoms. The number of rotatable bonds is 5. The second-order valence-corrected chi connectivity index (χ2v) is 3.75. The summed E-state index contributed by atoms with van der Waals surface area (Å²) >= 11 is 0. The second kappa shape index (κ2) is 4.00. The number of anilines is 1. The van der Waals surface area contributed by atoms with E-state index in [4.69, 9.17) is 10.2 Å². The van der Waals surface area contributed by atoms with Crippen LogP contribution in [0.3, 0.4) is 0 Å². The first-order valence-corrected chi connectivity index (χ1v) is 5.26. The van der Waals surface area contributed by atoms with E-state index in [-0.39, 0.29) is 0 Å². The van der Waals surface area contributed by atoms with Crippen molar-refractivity contribution in [1.29, 1.82) is 0 Å². The lowest BCUT2D eigenvalue weighted by Gasteiger charge is -2.18. The predicted molar refractivity (Wildman–Crippen MR) is 55.1 cm³/mol. The first-order chi connectivity index (χ1) is 6.85. The molecule has 0 spiro atoms. The molecule has 0 unspecified atom stereocenters. The van der Waals surface area contributed by atoms with Crippen molar-refractivity contribution in [3.8, 4) is 0 Å². The number of hydrogen-bond donors (Lipinski definition) is 1. The third kappa shape index (κ3) is 1.90. The van der Waals surface area contributed by atoms with E-state index < -0.39 is 0 Å². The maximum Gasteiger partial charge on any atom is 0.297 e. The molecule has 0 amide bonds. The van der Waals surface area contributed by atoms with Crippen molar-refractivity contribution >= 4 is 6.01 Å². The minimum Gasteiger partial charge on any atom is -0.432 e. The fourth-order valence-corrected chi connectivity index (χ4v) is 1.58. The minimum atomic E-state index is 0.453. The number of nitrogens with two attached hydrogens (primary N) is 1. The number of aromatic nitrogens is 1. The normalized spacial score (nSPS) is 15.9. The van der Waals surface area contributed by atoms with Crippen molar-refractivity contribution in [2.24, 2.45) is 5.73 Å². The third-order valence-corrected chi connectivity index (χ3v) is 2.45. The number of hydrogen-bond acceptors (Lipinski definition) is 4. The predicted octanol–water partition coefficient (Wildman–Crippen LogP) is 1.51. The molecule has 4 nitrogen and oxygen atoms in total. The van der Waals surface area contributed by atoms with Gasteiger partial charge in [-0.05, 0) is 19.3 Å². The Kier molecular flexibility index (Phi) is 2.72. The molecule has 1 fully saturated rings. The minimum absolute atomic E-state index is 0.453. The summed E-state index contributed by atoms with van der Waals surface area (Å²) in [5.74, 6) is 0. The van der Waals surface area contributed by atoms with Gasteiger partial charge in [0.15, 0.2) is 0 Å². The lowest BCUT2D eigenvalue weighted by atomic mass is 10.4. The first kappa shape index (κ1) is 9.52. The Morgan fingerprint density at radius 3 is 2.93 bits per heavy atom. The second-order valence-electron chi connectivity index (χ2n) is 3.75. The molecule has 0 aromatic carbocycles. The third-order valence-electron chi connectivity index (χ3n) is 2.45. The van der Waals surface area contributed by atoms with Gasteiger partial charge in [0.2, 0.25) is 0 Å². The molecule has 1 aromatic rings. The largest absolute Gasteiger partial charge is 0.432 e. The molecule has 4 heteroatoms. The van der Waals surface area contributed by atoms with Crippen molar-refractivity contribution in [1.82, 2.24) is 4.98 Å². The summed E-state index contributed by atoms with van der Waals surface area (Å²) in [5, 5.41) is 0. The van der Waals surface area contributed by atoms with Gasteiger partial charge < -0.3 is 15.1 Å². The SMILES string of the molecule is CCCN(c1nc(CN)co1)C1CC1. The van der Waals surface area contributed by atoms with E-state index >= 15 is 0 Å². The molecule has 78 valence electrons. The van der Waals surface area contributed by atoms with E-state index in [9.17, 15) is 0 Å². The van der Waals surface area contributed by atoms with Crippen molar-refractivity contribution in [3.05, 3.63) is 12.0 Å². The Hall–Kier alpha value is -1.03. The Morgan fingerprint density at radius 1 is 1.64 bits per heavy atom. The van der Waals surface area contributed by atoms with E-state index in [1.807, 2.05) is 0 Å². The van der Waals surface area contributed by atoms with Gasteiger partial charge in [0, 0.05) is 19.1 Å². The molecule has 1 aromatic heterocycles. The molecule has 1 heterocycles. The first-order valence-electron chi connectivity index (χ1n) is 5.26. The molecule has 0 radical (unpaired) electrons. The zero-order chi connectivity index (χ0) is 9.97. The molecule has 1 aliphatic carbocycles. The molecular weight excluding hydrogens is 178 g/mol. The summed E-state index contributed by atoms with van der Waals surface area (Å²) in [6.07, 6.45) is 5.30. The standard InChI is InChI=1S/C10H17N3O/c1-2-5-13(9-3-4-9)10-12-8(6-11)7-14-10/h7,9H,2-6,11H2,1H3. The maximum absolute atomic E-state index is 5.49. The van der Waals surface area contributed by atoms with Crippen molar-refractivity contribution in [2.45, 2.75) is 38.8 Å². The number of nitrogens with zero attached hydrogens (tertiary/aromatic N) is 2. The van der Waals surface area contributed by atoms with E-state index in [0.717, 1.165) is 24.7 Å². The van der Waals surface area contributed by atoms with Crippen LogP contribution in [0.5, 0.6) is 0 Å². The summed E-state index contributed by atoms with van der Waals surface area (Å²) < 4.78 is 5.41. The van der Waals surface area contributed by atoms with Gasteiger partial charge in [0.25, 0.3) is 6.01 Å². The van der Waals surface area contributed by atoms with Crippen molar-refractivity contribution in [3.63, 3.8) is 0 Å². The van der Waals surface area contributed by atoms with Crippen LogP contribution >= 0.6 is 0 Å². The van der Waals surface area contributed by atoms with Gasteiger partial charge in [-0.1, -0.05) is 6.92 Å². The van der Waals surface area contributed by atoms with Gasteiger partial charge >= 0.3 is 0 Å². The molecule has 1 saturated carbocycles. The van der Waals surface area contributed by atoms with Crippen LogP contribution in [0.15, 0.2) is 10.7 Å². The average molecular weight is 195 g/mol. The van der Waals surface area contributed by atoms with Gasteiger partial charge in [-0.15, -0.1) is 0 Å². The highest BCUT2D eigenvalue weighted by Crippen LogP contribution is 2.31. The molecular formula is C10H17N3O. The van der Waals surface area contributed by atoms with Crippen LogP contribution in [0.25, 0.3) is 0 Å². The summed E-state index contributed by atoms with van der Waals surface area (Å²) in [6.45, 7) is 3.64. The van der Waals surface area contributed by atoms with E-state index in [0.29, 0.717) is 12.6 Å². The smallest absolute Gasteiger partial charge is 0.297 e. The van der Waals surface area contributed by atoms with Gasteiger partial charge in [0.1, 0.15) is 6.26 Å². The molecule has 2 N–H and O–H groups in total. The van der Waals surface area contributed by atoms with Crippen LogP contribution in [0, 0.1) is 0 Å². The Bertz CT molecular complexity index is 293. The summed E-state index contributed by atoms with van der Waals surface area (Å²) in [4.78, 5) is 6.59. The highest BCUT2D eigenvalue weighted by Gasteiger charge is 2.31. The summed E-state index contributed by atoms with van der Waals surface area (Å²) in [5.41, 5.74) is 6.32. The highest BCUT2D eigenvalue weighted by atomic mass is 16.4. The fraction of sp³-hybridized carbons (Fsp3) is 0.700. The molecule has 1 aliphatic rings. The van der Waals surface area contributed by atoms with Gasteiger partial charge in [-0.25, -0.2) is 0 Å². The Morgan fingerprint density at radius 2 is 2.43 bits per heavy atom. The van der Waals surface area contributed by atoms with Crippen LogP contribution < -0.4 is 10.6 Å². The van der Waals surface area contributed by atoms with E-state index in [1.165, 1.54) is 12.8 Å². The van der Waals surface area contributed by atoms with E-state index in [2.05, 4.69) is 16.8 Å². The topological polar surface area (TPSA) is 55.3 Å². The lowest BCUT2D eigenvalue weighted by Crippen LogP contribution is -2.26. The maximum atomic E-state index is 5.49. The molecule has 0 saturated heterocycles. The van der Waals surface area contributed by atoms with Gasteiger partial charge in [0.05, 0.1) is 5.69 Å². The van der Waals surface area contributed by atoms with Crippen LogP contribution in [-0.4, -0.2) is 17.6 Å². The Labute approximate surface area is 84.1 Å². The summed E-state index contributed by atoms with van der Waals surface area (Å²) in [6, 6.07) is 1.40.